The average Bonchev–Trinajstić information content (AvgIpc) is 3.17. The van der Waals surface area contributed by atoms with Gasteiger partial charge in [-0.05, 0) is 42.9 Å². The summed E-state index contributed by atoms with van der Waals surface area (Å²) in [5.41, 5.74) is 0.888. The van der Waals surface area contributed by atoms with Gasteiger partial charge in [-0.15, -0.1) is 0 Å². The van der Waals surface area contributed by atoms with Gasteiger partial charge in [-0.3, -0.25) is 4.90 Å². The van der Waals surface area contributed by atoms with Gasteiger partial charge in [0.1, 0.15) is 11.4 Å². The molecule has 2 aromatic rings. The summed E-state index contributed by atoms with van der Waals surface area (Å²) >= 11 is 0. The lowest BCUT2D eigenvalue weighted by atomic mass is 9.68. The number of aromatic nitrogens is 2. The number of ether oxygens (including phenoxy) is 3. The molecule has 1 N–H and O–H groups in total. The van der Waals surface area contributed by atoms with Crippen molar-refractivity contribution >= 4 is 0 Å². The van der Waals surface area contributed by atoms with Crippen LogP contribution in [-0.4, -0.2) is 54.4 Å². The molecule has 1 saturated carbocycles. The number of methoxy groups -OCH3 is 3. The first kappa shape index (κ1) is 19.9. The molecule has 0 radical (unpaired) electrons. The predicted octanol–water partition coefficient (Wildman–Crippen LogP) is 2.62. The van der Waals surface area contributed by atoms with E-state index in [1.165, 1.54) is 12.7 Å². The topological polar surface area (TPSA) is 76.9 Å². The van der Waals surface area contributed by atoms with Crippen LogP contribution >= 0.6 is 0 Å². The van der Waals surface area contributed by atoms with Crippen LogP contribution < -0.4 is 14.2 Å². The minimum Gasteiger partial charge on any atom is -0.497 e. The molecule has 1 aliphatic heterocycles. The number of fused-ring (bicyclic) bond motifs is 1. The normalized spacial score (nSPS) is 26.8. The largest absolute Gasteiger partial charge is 0.497 e. The van der Waals surface area contributed by atoms with E-state index in [1.54, 1.807) is 20.4 Å². The fourth-order valence-electron chi connectivity index (χ4n) is 5.01. The zero-order chi connectivity index (χ0) is 20.4. The monoisotopic (exact) mass is 399 g/mol. The Morgan fingerprint density at radius 3 is 2.79 bits per heavy atom. The van der Waals surface area contributed by atoms with Gasteiger partial charge in [0, 0.05) is 31.7 Å². The first-order valence-electron chi connectivity index (χ1n) is 10.1. The maximum atomic E-state index is 11.8. The molecular formula is C22H29N3O4. The average molecular weight is 399 g/mol. The number of nitrogens with zero attached hydrogens (tertiary/aromatic N) is 3. The van der Waals surface area contributed by atoms with Crippen LogP contribution in [-0.2, 0) is 12.1 Å². The summed E-state index contributed by atoms with van der Waals surface area (Å²) in [7, 11) is 4.78. The van der Waals surface area contributed by atoms with Crippen molar-refractivity contribution in [2.45, 2.75) is 31.4 Å². The first-order valence-corrected chi connectivity index (χ1v) is 10.1. The predicted molar refractivity (Wildman–Crippen MR) is 108 cm³/mol. The van der Waals surface area contributed by atoms with E-state index in [4.69, 9.17) is 14.2 Å². The van der Waals surface area contributed by atoms with Gasteiger partial charge in [0.15, 0.2) is 0 Å². The van der Waals surface area contributed by atoms with Crippen LogP contribution in [0.3, 0.4) is 0 Å². The number of benzene rings is 1. The molecule has 7 heteroatoms. The van der Waals surface area contributed by atoms with E-state index < -0.39 is 5.60 Å². The first-order chi connectivity index (χ1) is 14.1. The third-order valence-electron chi connectivity index (χ3n) is 6.38. The number of likely N-dealkylation sites (tertiary alicyclic amines) is 1. The SMILES string of the molecule is COc1cccc(CN2C[C@@H]3CCC[C@](O)(c4cnc(OC)nc4OC)[C@@H]3C2)c1. The Morgan fingerprint density at radius 1 is 1.17 bits per heavy atom. The maximum Gasteiger partial charge on any atom is 0.319 e. The highest BCUT2D eigenvalue weighted by molar-refractivity contribution is 5.34. The van der Waals surface area contributed by atoms with Crippen LogP contribution in [0.2, 0.25) is 0 Å². The molecule has 1 aliphatic carbocycles. The molecule has 2 heterocycles. The van der Waals surface area contributed by atoms with Crippen LogP contribution in [0.1, 0.15) is 30.4 Å². The smallest absolute Gasteiger partial charge is 0.319 e. The molecule has 0 bridgehead atoms. The Kier molecular flexibility index (Phi) is 5.61. The molecule has 4 rings (SSSR count). The lowest BCUT2D eigenvalue weighted by Crippen LogP contribution is -2.43. The molecular weight excluding hydrogens is 370 g/mol. The third kappa shape index (κ3) is 3.76. The van der Waals surface area contributed by atoms with E-state index in [0.29, 0.717) is 23.8 Å². The summed E-state index contributed by atoms with van der Waals surface area (Å²) in [6, 6.07) is 8.42. The molecule has 0 spiro atoms. The van der Waals surface area contributed by atoms with E-state index >= 15 is 0 Å². The van der Waals surface area contributed by atoms with Gasteiger partial charge in [0.2, 0.25) is 5.88 Å². The van der Waals surface area contributed by atoms with E-state index in [1.807, 2.05) is 12.1 Å². The molecule has 156 valence electrons. The molecule has 2 fully saturated rings. The second kappa shape index (κ2) is 8.16. The Morgan fingerprint density at radius 2 is 2.03 bits per heavy atom. The van der Waals surface area contributed by atoms with Gasteiger partial charge in [0.25, 0.3) is 0 Å². The van der Waals surface area contributed by atoms with Gasteiger partial charge >= 0.3 is 6.01 Å². The van der Waals surface area contributed by atoms with Crippen LogP contribution in [0.5, 0.6) is 17.6 Å². The summed E-state index contributed by atoms with van der Waals surface area (Å²) < 4.78 is 16.0. The minimum atomic E-state index is -0.996. The van der Waals surface area contributed by atoms with E-state index in [0.717, 1.165) is 38.2 Å². The summed E-state index contributed by atoms with van der Waals surface area (Å²) in [6.45, 7) is 2.65. The molecule has 1 aromatic carbocycles. The van der Waals surface area contributed by atoms with Crippen LogP contribution in [0, 0.1) is 11.8 Å². The second-order valence-electron chi connectivity index (χ2n) is 8.01. The third-order valence-corrected chi connectivity index (χ3v) is 6.38. The number of hydrogen-bond acceptors (Lipinski definition) is 7. The van der Waals surface area contributed by atoms with Gasteiger partial charge < -0.3 is 19.3 Å². The molecule has 0 unspecified atom stereocenters. The maximum absolute atomic E-state index is 11.8. The van der Waals surface area contributed by atoms with E-state index in [2.05, 4.69) is 27.0 Å². The lowest BCUT2D eigenvalue weighted by molar-refractivity contribution is -0.0669. The van der Waals surface area contributed by atoms with Gasteiger partial charge in [-0.1, -0.05) is 12.1 Å². The Balaban J connectivity index is 1.58. The van der Waals surface area contributed by atoms with Crippen molar-refractivity contribution in [3.8, 4) is 17.6 Å². The quantitative estimate of drug-likeness (QED) is 0.800. The number of rotatable bonds is 6. The summed E-state index contributed by atoms with van der Waals surface area (Å²) in [5, 5.41) is 11.8. The Hall–Kier alpha value is -2.38. The van der Waals surface area contributed by atoms with Crippen molar-refractivity contribution in [1.29, 1.82) is 0 Å². The van der Waals surface area contributed by atoms with Crippen molar-refractivity contribution in [1.82, 2.24) is 14.9 Å². The zero-order valence-electron chi connectivity index (χ0n) is 17.3. The molecule has 7 nitrogen and oxygen atoms in total. The van der Waals surface area contributed by atoms with E-state index in [-0.39, 0.29) is 11.9 Å². The Labute approximate surface area is 171 Å². The van der Waals surface area contributed by atoms with E-state index in [9.17, 15) is 5.11 Å². The Bertz CT molecular complexity index is 862. The molecule has 2 aliphatic rings. The van der Waals surface area contributed by atoms with Crippen LogP contribution in [0.25, 0.3) is 0 Å². The van der Waals surface area contributed by atoms with Gasteiger partial charge in [0.05, 0.1) is 26.9 Å². The number of aliphatic hydroxyl groups is 1. The van der Waals surface area contributed by atoms with Gasteiger partial charge in [-0.25, -0.2) is 4.98 Å². The molecule has 0 amide bonds. The molecule has 1 saturated heterocycles. The van der Waals surface area contributed by atoms with Crippen LogP contribution in [0.4, 0.5) is 0 Å². The fourth-order valence-corrected chi connectivity index (χ4v) is 5.01. The van der Waals surface area contributed by atoms with Crippen molar-refractivity contribution in [2.75, 3.05) is 34.4 Å². The molecule has 29 heavy (non-hydrogen) atoms. The summed E-state index contributed by atoms with van der Waals surface area (Å²) in [5.74, 6) is 1.82. The number of hydrogen-bond donors (Lipinski definition) is 1. The zero-order valence-corrected chi connectivity index (χ0v) is 17.3. The van der Waals surface area contributed by atoms with Crippen molar-refractivity contribution in [2.24, 2.45) is 11.8 Å². The minimum absolute atomic E-state index is 0.118. The van der Waals surface area contributed by atoms with Crippen molar-refractivity contribution in [3.63, 3.8) is 0 Å². The van der Waals surface area contributed by atoms with Crippen LogP contribution in [0.15, 0.2) is 30.5 Å². The molecule has 3 atom stereocenters. The highest BCUT2D eigenvalue weighted by Crippen LogP contribution is 2.50. The summed E-state index contributed by atoms with van der Waals surface area (Å²) in [6.07, 6.45) is 4.45. The fraction of sp³-hybridized carbons (Fsp3) is 0.545. The second-order valence-corrected chi connectivity index (χ2v) is 8.01. The highest BCUT2D eigenvalue weighted by atomic mass is 16.5. The van der Waals surface area contributed by atoms with Crippen molar-refractivity contribution < 1.29 is 19.3 Å². The standard InChI is InChI=1S/C22H29N3O4/c1-27-17-8-4-6-15(10-17)12-25-13-16-7-5-9-22(26,19(16)14-25)18-11-23-21(29-3)24-20(18)28-2/h4,6,8,10-11,16,19,26H,5,7,9,12-14H2,1-3H3/t16-,19+,22-/m0/s1. The molecule has 1 aromatic heterocycles. The van der Waals surface area contributed by atoms with Crippen molar-refractivity contribution in [3.05, 3.63) is 41.6 Å². The highest BCUT2D eigenvalue weighted by Gasteiger charge is 2.51. The lowest BCUT2D eigenvalue weighted by Gasteiger charge is -2.41. The summed E-state index contributed by atoms with van der Waals surface area (Å²) in [4.78, 5) is 11.0. The van der Waals surface area contributed by atoms with Gasteiger partial charge in [-0.2, -0.15) is 4.98 Å².